The Morgan fingerprint density at radius 3 is 2.67 bits per heavy atom. The average Bonchev–Trinajstić information content (AvgIpc) is 2.30. The van der Waals surface area contributed by atoms with Gasteiger partial charge in [-0.15, -0.1) is 0 Å². The van der Waals surface area contributed by atoms with Crippen LogP contribution in [0.15, 0.2) is 11.8 Å². The zero-order chi connectivity index (χ0) is 9.14. The molecule has 1 heterocycles. The van der Waals surface area contributed by atoms with Crippen molar-refractivity contribution in [3.8, 4) is 0 Å². The van der Waals surface area contributed by atoms with E-state index < -0.39 is 11.9 Å². The minimum atomic E-state index is -0.600. The van der Waals surface area contributed by atoms with Gasteiger partial charge in [0.1, 0.15) is 5.70 Å². The van der Waals surface area contributed by atoms with Gasteiger partial charge in [0.25, 0.3) is 5.91 Å². The standard InChI is InChI=1S/C6H6N2O3S/c1-11-4(9)2-3-5(10)8-6(12)7-3/h2H,1H3,(H2,7,8,10,12)/b3-2+. The van der Waals surface area contributed by atoms with Crippen LogP contribution in [0.5, 0.6) is 0 Å². The molecule has 0 aromatic heterocycles. The maximum Gasteiger partial charge on any atom is 0.332 e. The van der Waals surface area contributed by atoms with E-state index in [0.717, 1.165) is 6.08 Å². The third-order valence-corrected chi connectivity index (χ3v) is 1.39. The molecule has 0 atom stereocenters. The van der Waals surface area contributed by atoms with Gasteiger partial charge in [0, 0.05) is 0 Å². The quantitative estimate of drug-likeness (QED) is 0.314. The van der Waals surface area contributed by atoms with Gasteiger partial charge in [0.15, 0.2) is 5.11 Å². The van der Waals surface area contributed by atoms with E-state index in [-0.39, 0.29) is 10.8 Å². The lowest BCUT2D eigenvalue weighted by atomic mass is 10.4. The van der Waals surface area contributed by atoms with Crippen LogP contribution in [0.2, 0.25) is 0 Å². The minimum absolute atomic E-state index is 0.104. The van der Waals surface area contributed by atoms with Gasteiger partial charge in [-0.25, -0.2) is 4.79 Å². The van der Waals surface area contributed by atoms with Gasteiger partial charge in [-0.05, 0) is 12.2 Å². The number of methoxy groups -OCH3 is 1. The molecule has 1 aliphatic rings. The number of thiocarbonyl (C=S) groups is 1. The smallest absolute Gasteiger partial charge is 0.332 e. The lowest BCUT2D eigenvalue weighted by Gasteiger charge is -1.92. The van der Waals surface area contributed by atoms with E-state index in [0.29, 0.717) is 0 Å². The summed E-state index contributed by atoms with van der Waals surface area (Å²) >= 11 is 4.63. The van der Waals surface area contributed by atoms with Crippen LogP contribution in [0.25, 0.3) is 0 Å². The second-order valence-corrected chi connectivity index (χ2v) is 2.40. The Morgan fingerprint density at radius 2 is 2.25 bits per heavy atom. The molecule has 6 heteroatoms. The van der Waals surface area contributed by atoms with Crippen molar-refractivity contribution in [2.24, 2.45) is 0 Å². The summed E-state index contributed by atoms with van der Waals surface area (Å²) in [5.41, 5.74) is 0.104. The minimum Gasteiger partial charge on any atom is -0.466 e. The first-order chi connectivity index (χ1) is 5.63. The highest BCUT2D eigenvalue weighted by Crippen LogP contribution is 1.97. The number of hydrogen-bond acceptors (Lipinski definition) is 4. The zero-order valence-electron chi connectivity index (χ0n) is 6.21. The molecule has 12 heavy (non-hydrogen) atoms. The number of rotatable bonds is 1. The SMILES string of the molecule is COC(=O)/C=C1/NC(=S)NC1=O. The van der Waals surface area contributed by atoms with Crippen molar-refractivity contribution in [3.05, 3.63) is 11.8 Å². The molecule has 1 fully saturated rings. The summed E-state index contributed by atoms with van der Waals surface area (Å²) in [6, 6.07) is 0. The summed E-state index contributed by atoms with van der Waals surface area (Å²) in [6.45, 7) is 0. The molecular formula is C6H6N2O3S. The topological polar surface area (TPSA) is 67.4 Å². The summed E-state index contributed by atoms with van der Waals surface area (Å²) in [5, 5.41) is 4.99. The second kappa shape index (κ2) is 3.31. The number of hydrogen-bond donors (Lipinski definition) is 2. The highest BCUT2D eigenvalue weighted by molar-refractivity contribution is 7.80. The van der Waals surface area contributed by atoms with Crippen molar-refractivity contribution >= 4 is 29.2 Å². The normalized spacial score (nSPS) is 18.9. The monoisotopic (exact) mass is 186 g/mol. The van der Waals surface area contributed by atoms with Crippen LogP contribution in [0.1, 0.15) is 0 Å². The molecule has 64 valence electrons. The van der Waals surface area contributed by atoms with Gasteiger partial charge < -0.3 is 10.1 Å². The maximum absolute atomic E-state index is 10.9. The van der Waals surface area contributed by atoms with E-state index in [1.165, 1.54) is 7.11 Å². The summed E-state index contributed by atoms with van der Waals surface area (Å²) < 4.78 is 4.32. The number of nitrogens with one attached hydrogen (secondary N) is 2. The van der Waals surface area contributed by atoms with E-state index in [4.69, 9.17) is 0 Å². The number of amides is 1. The number of carbonyl (C=O) groups is 2. The van der Waals surface area contributed by atoms with Crippen LogP contribution in [0.4, 0.5) is 0 Å². The van der Waals surface area contributed by atoms with Gasteiger partial charge in [0.2, 0.25) is 0 Å². The average molecular weight is 186 g/mol. The molecule has 0 aromatic rings. The molecule has 0 aliphatic carbocycles. The van der Waals surface area contributed by atoms with Crippen LogP contribution in [-0.4, -0.2) is 24.1 Å². The second-order valence-electron chi connectivity index (χ2n) is 1.99. The summed E-state index contributed by atoms with van der Waals surface area (Å²) in [4.78, 5) is 21.6. The van der Waals surface area contributed by atoms with Gasteiger partial charge in [-0.2, -0.15) is 0 Å². The molecule has 0 radical (unpaired) electrons. The summed E-state index contributed by atoms with van der Waals surface area (Å²) in [5.74, 6) is -1.03. The van der Waals surface area contributed by atoms with Gasteiger partial charge in [-0.3, -0.25) is 10.1 Å². The molecule has 1 saturated heterocycles. The molecule has 1 rings (SSSR count). The third-order valence-electron chi connectivity index (χ3n) is 1.18. The Kier molecular flexibility index (Phi) is 2.39. The van der Waals surface area contributed by atoms with Gasteiger partial charge in [0.05, 0.1) is 13.2 Å². The fraction of sp³-hybridized carbons (Fsp3) is 0.167. The first-order valence-electron chi connectivity index (χ1n) is 3.05. The Balaban J connectivity index is 2.76. The number of ether oxygens (including phenoxy) is 1. The molecule has 1 amide bonds. The molecule has 2 N–H and O–H groups in total. The predicted octanol–water partition coefficient (Wildman–Crippen LogP) is -0.952. The summed E-state index contributed by atoms with van der Waals surface area (Å²) in [6.07, 6.45) is 1.04. The molecule has 0 bridgehead atoms. The Hall–Kier alpha value is -1.43. The fourth-order valence-corrected chi connectivity index (χ4v) is 0.862. The van der Waals surface area contributed by atoms with Crippen molar-refractivity contribution in [2.45, 2.75) is 0 Å². The molecule has 5 nitrogen and oxygen atoms in total. The van der Waals surface area contributed by atoms with E-state index in [1.54, 1.807) is 0 Å². The summed E-state index contributed by atoms with van der Waals surface area (Å²) in [7, 11) is 1.23. The van der Waals surface area contributed by atoms with E-state index in [9.17, 15) is 9.59 Å². The highest BCUT2D eigenvalue weighted by Gasteiger charge is 2.20. The Labute approximate surface area is 73.8 Å². The van der Waals surface area contributed by atoms with Crippen LogP contribution in [-0.2, 0) is 14.3 Å². The molecule has 0 aromatic carbocycles. The Morgan fingerprint density at radius 1 is 1.58 bits per heavy atom. The van der Waals surface area contributed by atoms with Crippen molar-refractivity contribution in [1.29, 1.82) is 0 Å². The van der Waals surface area contributed by atoms with Gasteiger partial charge >= 0.3 is 5.97 Å². The van der Waals surface area contributed by atoms with Crippen LogP contribution in [0, 0.1) is 0 Å². The van der Waals surface area contributed by atoms with E-state index in [2.05, 4.69) is 27.6 Å². The zero-order valence-corrected chi connectivity index (χ0v) is 7.03. The number of carbonyl (C=O) groups excluding carboxylic acids is 2. The lowest BCUT2D eigenvalue weighted by molar-refractivity contribution is -0.135. The van der Waals surface area contributed by atoms with Crippen molar-refractivity contribution in [3.63, 3.8) is 0 Å². The maximum atomic E-state index is 10.9. The molecule has 0 saturated carbocycles. The molecular weight excluding hydrogens is 180 g/mol. The van der Waals surface area contributed by atoms with Gasteiger partial charge in [-0.1, -0.05) is 0 Å². The Bertz CT molecular complexity index is 285. The third kappa shape index (κ3) is 1.79. The number of esters is 1. The van der Waals surface area contributed by atoms with Crippen molar-refractivity contribution in [1.82, 2.24) is 10.6 Å². The molecule has 0 spiro atoms. The first-order valence-corrected chi connectivity index (χ1v) is 3.46. The largest absolute Gasteiger partial charge is 0.466 e. The van der Waals surface area contributed by atoms with Crippen molar-refractivity contribution in [2.75, 3.05) is 7.11 Å². The first kappa shape index (κ1) is 8.66. The van der Waals surface area contributed by atoms with Crippen molar-refractivity contribution < 1.29 is 14.3 Å². The molecule has 1 aliphatic heterocycles. The van der Waals surface area contributed by atoms with Crippen LogP contribution >= 0.6 is 12.2 Å². The van der Waals surface area contributed by atoms with Crippen LogP contribution < -0.4 is 10.6 Å². The van der Waals surface area contributed by atoms with Crippen LogP contribution in [0.3, 0.4) is 0 Å². The van der Waals surface area contributed by atoms with E-state index in [1.807, 2.05) is 0 Å². The lowest BCUT2D eigenvalue weighted by Crippen LogP contribution is -2.21. The van der Waals surface area contributed by atoms with E-state index >= 15 is 0 Å². The molecule has 0 unspecified atom stereocenters. The highest BCUT2D eigenvalue weighted by atomic mass is 32.1. The fourth-order valence-electron chi connectivity index (χ4n) is 0.659. The predicted molar refractivity (Wildman–Crippen MR) is 44.0 cm³/mol.